The minimum absolute atomic E-state index is 0.174. The summed E-state index contributed by atoms with van der Waals surface area (Å²) in [7, 11) is 0. The molecule has 1 heterocycles. The van der Waals surface area contributed by atoms with Gasteiger partial charge in [0.05, 0.1) is 0 Å². The van der Waals surface area contributed by atoms with Gasteiger partial charge in [0.1, 0.15) is 5.82 Å². The Labute approximate surface area is 107 Å². The van der Waals surface area contributed by atoms with Crippen molar-refractivity contribution >= 4 is 11.7 Å². The highest BCUT2D eigenvalue weighted by Gasteiger charge is 2.08. The van der Waals surface area contributed by atoms with Crippen molar-refractivity contribution in [3.8, 4) is 0 Å². The van der Waals surface area contributed by atoms with Crippen molar-refractivity contribution in [3.05, 3.63) is 17.8 Å². The van der Waals surface area contributed by atoms with Crippen LogP contribution in [-0.2, 0) is 0 Å². The molecule has 0 radical (unpaired) electrons. The van der Waals surface area contributed by atoms with Gasteiger partial charge in [-0.2, -0.15) is 0 Å². The minimum atomic E-state index is -0.568. The highest BCUT2D eigenvalue weighted by molar-refractivity contribution is 5.90. The Morgan fingerprint density at radius 2 is 2.17 bits per heavy atom. The second-order valence-corrected chi connectivity index (χ2v) is 4.28. The highest BCUT2D eigenvalue weighted by Crippen LogP contribution is 2.11. The van der Waals surface area contributed by atoms with Crippen molar-refractivity contribution in [2.24, 2.45) is 17.4 Å². The summed E-state index contributed by atoms with van der Waals surface area (Å²) in [6.07, 6.45) is 3.27. The molecule has 1 unspecified atom stereocenters. The molecule has 0 aromatic carbocycles. The molecule has 100 valence electrons. The lowest BCUT2D eigenvalue weighted by Gasteiger charge is -2.15. The van der Waals surface area contributed by atoms with E-state index in [0.717, 1.165) is 25.8 Å². The number of hydrogen-bond donors (Lipinski definition) is 3. The number of carbonyl (C=O) groups excluding carboxylic acids is 1. The zero-order valence-electron chi connectivity index (χ0n) is 10.7. The summed E-state index contributed by atoms with van der Waals surface area (Å²) in [6, 6.07) is 3.27. The van der Waals surface area contributed by atoms with Crippen LogP contribution in [-0.4, -0.2) is 29.2 Å². The lowest BCUT2D eigenvalue weighted by Crippen LogP contribution is -2.19. The largest absolute Gasteiger partial charge is 0.368 e. The SMILES string of the molecule is CCCC(CCN)CNc1ccc(C(N)=O)nn1. The Balaban J connectivity index is 2.48. The number of amides is 1. The van der Waals surface area contributed by atoms with Gasteiger partial charge < -0.3 is 16.8 Å². The van der Waals surface area contributed by atoms with E-state index in [1.165, 1.54) is 0 Å². The van der Waals surface area contributed by atoms with Crippen LogP contribution in [0.4, 0.5) is 5.82 Å². The first-order valence-electron chi connectivity index (χ1n) is 6.24. The normalized spacial score (nSPS) is 12.1. The first-order valence-corrected chi connectivity index (χ1v) is 6.24. The molecule has 0 saturated carbocycles. The van der Waals surface area contributed by atoms with Crippen LogP contribution < -0.4 is 16.8 Å². The van der Waals surface area contributed by atoms with Gasteiger partial charge >= 0.3 is 0 Å². The molecule has 1 aromatic rings. The van der Waals surface area contributed by atoms with E-state index in [-0.39, 0.29) is 5.69 Å². The van der Waals surface area contributed by atoms with Gasteiger partial charge in [-0.3, -0.25) is 4.79 Å². The van der Waals surface area contributed by atoms with E-state index in [1.807, 2.05) is 0 Å². The number of anilines is 1. The maximum absolute atomic E-state index is 10.8. The van der Waals surface area contributed by atoms with E-state index in [2.05, 4.69) is 22.4 Å². The third-order valence-corrected chi connectivity index (χ3v) is 2.76. The molecule has 0 fully saturated rings. The Morgan fingerprint density at radius 1 is 1.39 bits per heavy atom. The number of nitrogens with zero attached hydrogens (tertiary/aromatic N) is 2. The van der Waals surface area contributed by atoms with Crippen molar-refractivity contribution in [1.29, 1.82) is 0 Å². The lowest BCUT2D eigenvalue weighted by molar-refractivity contribution is 0.0994. The third kappa shape index (κ3) is 4.67. The molecular weight excluding hydrogens is 230 g/mol. The summed E-state index contributed by atoms with van der Waals surface area (Å²) >= 11 is 0. The fraction of sp³-hybridized carbons (Fsp3) is 0.583. The summed E-state index contributed by atoms with van der Waals surface area (Å²) < 4.78 is 0. The van der Waals surface area contributed by atoms with E-state index in [0.29, 0.717) is 18.3 Å². The van der Waals surface area contributed by atoms with Crippen LogP contribution in [0.25, 0.3) is 0 Å². The maximum Gasteiger partial charge on any atom is 0.269 e. The fourth-order valence-corrected chi connectivity index (χ4v) is 1.80. The molecule has 0 aliphatic heterocycles. The molecule has 6 heteroatoms. The van der Waals surface area contributed by atoms with Crippen molar-refractivity contribution in [2.45, 2.75) is 26.2 Å². The number of nitrogens with two attached hydrogens (primary N) is 2. The number of rotatable bonds is 8. The van der Waals surface area contributed by atoms with Gasteiger partial charge in [0.25, 0.3) is 5.91 Å². The standard InChI is InChI=1S/C12H21N5O/c1-2-3-9(6-7-13)8-15-11-5-4-10(12(14)18)16-17-11/h4-5,9H,2-3,6-8,13H2,1H3,(H2,14,18)(H,15,17). The maximum atomic E-state index is 10.8. The average Bonchev–Trinajstić information content (AvgIpc) is 2.37. The van der Waals surface area contributed by atoms with E-state index >= 15 is 0 Å². The van der Waals surface area contributed by atoms with Crippen molar-refractivity contribution in [2.75, 3.05) is 18.4 Å². The third-order valence-electron chi connectivity index (χ3n) is 2.76. The first-order chi connectivity index (χ1) is 8.67. The summed E-state index contributed by atoms with van der Waals surface area (Å²) in [6.45, 7) is 3.67. The van der Waals surface area contributed by atoms with E-state index in [1.54, 1.807) is 12.1 Å². The van der Waals surface area contributed by atoms with E-state index in [4.69, 9.17) is 11.5 Å². The van der Waals surface area contributed by atoms with Crippen molar-refractivity contribution in [3.63, 3.8) is 0 Å². The van der Waals surface area contributed by atoms with E-state index < -0.39 is 5.91 Å². The molecule has 18 heavy (non-hydrogen) atoms. The number of hydrogen-bond acceptors (Lipinski definition) is 5. The number of nitrogens with one attached hydrogen (secondary N) is 1. The monoisotopic (exact) mass is 251 g/mol. The number of primary amides is 1. The Hall–Kier alpha value is -1.69. The van der Waals surface area contributed by atoms with Crippen molar-refractivity contribution < 1.29 is 4.79 Å². The predicted molar refractivity (Wildman–Crippen MR) is 71.1 cm³/mol. The molecule has 1 aromatic heterocycles. The van der Waals surface area contributed by atoms with Crippen molar-refractivity contribution in [1.82, 2.24) is 10.2 Å². The molecule has 0 saturated heterocycles. The molecule has 5 N–H and O–H groups in total. The van der Waals surface area contributed by atoms with Crippen LogP contribution in [0.15, 0.2) is 12.1 Å². The molecular formula is C12H21N5O. The molecule has 0 bridgehead atoms. The summed E-state index contributed by atoms with van der Waals surface area (Å²) in [4.78, 5) is 10.8. The average molecular weight is 251 g/mol. The summed E-state index contributed by atoms with van der Waals surface area (Å²) in [5, 5.41) is 10.8. The minimum Gasteiger partial charge on any atom is -0.368 e. The molecule has 6 nitrogen and oxygen atoms in total. The topological polar surface area (TPSA) is 107 Å². The van der Waals surface area contributed by atoms with Gasteiger partial charge in [0.15, 0.2) is 5.69 Å². The molecule has 1 rings (SSSR count). The van der Waals surface area contributed by atoms with E-state index in [9.17, 15) is 4.79 Å². The first kappa shape index (κ1) is 14.4. The number of aromatic nitrogens is 2. The van der Waals surface area contributed by atoms with Crippen LogP contribution in [0.1, 0.15) is 36.7 Å². The molecule has 0 aliphatic rings. The molecule has 0 aliphatic carbocycles. The zero-order valence-corrected chi connectivity index (χ0v) is 10.7. The smallest absolute Gasteiger partial charge is 0.269 e. The fourth-order valence-electron chi connectivity index (χ4n) is 1.80. The summed E-state index contributed by atoms with van der Waals surface area (Å²) in [5.74, 6) is 0.622. The van der Waals surface area contributed by atoms with Crippen LogP contribution in [0.3, 0.4) is 0 Å². The molecule has 0 spiro atoms. The summed E-state index contributed by atoms with van der Waals surface area (Å²) in [5.41, 5.74) is 10.8. The van der Waals surface area contributed by atoms with Crippen LogP contribution >= 0.6 is 0 Å². The second-order valence-electron chi connectivity index (χ2n) is 4.28. The Kier molecular flexibility index (Phi) is 6.07. The quantitative estimate of drug-likeness (QED) is 0.632. The van der Waals surface area contributed by atoms with Gasteiger partial charge in [0.2, 0.25) is 0 Å². The van der Waals surface area contributed by atoms with Gasteiger partial charge in [-0.15, -0.1) is 10.2 Å². The zero-order chi connectivity index (χ0) is 13.4. The second kappa shape index (κ2) is 7.60. The van der Waals surface area contributed by atoms with Gasteiger partial charge in [-0.05, 0) is 37.4 Å². The van der Waals surface area contributed by atoms with Crippen LogP contribution in [0.5, 0.6) is 0 Å². The Bertz CT molecular complexity index is 359. The molecule has 1 atom stereocenters. The van der Waals surface area contributed by atoms with Gasteiger partial charge in [0, 0.05) is 6.54 Å². The van der Waals surface area contributed by atoms with Crippen LogP contribution in [0, 0.1) is 5.92 Å². The van der Waals surface area contributed by atoms with Gasteiger partial charge in [-0.1, -0.05) is 13.3 Å². The molecule has 1 amide bonds. The Morgan fingerprint density at radius 3 is 2.67 bits per heavy atom. The lowest BCUT2D eigenvalue weighted by atomic mass is 10.00. The predicted octanol–water partition coefficient (Wildman–Crippen LogP) is 0.753. The van der Waals surface area contributed by atoms with Gasteiger partial charge in [-0.25, -0.2) is 0 Å². The highest BCUT2D eigenvalue weighted by atomic mass is 16.1. The number of carbonyl (C=O) groups is 1. The van der Waals surface area contributed by atoms with Crippen LogP contribution in [0.2, 0.25) is 0 Å².